The van der Waals surface area contributed by atoms with Gasteiger partial charge in [-0.1, -0.05) is 39.0 Å². The smallest absolute Gasteiger partial charge is 0.503 e. The first-order valence-corrected chi connectivity index (χ1v) is 13.2. The predicted molar refractivity (Wildman–Crippen MR) is 153 cm³/mol. The molecule has 3 N–H and O–H groups in total. The molecule has 0 radical (unpaired) electrons. The van der Waals surface area contributed by atoms with E-state index in [1.165, 1.54) is 24.3 Å². The predicted octanol–water partition coefficient (Wildman–Crippen LogP) is 2.97. The van der Waals surface area contributed by atoms with Gasteiger partial charge in [-0.15, -0.1) is 18.1 Å². The maximum atomic E-state index is 13.7. The number of anilines is 1. The van der Waals surface area contributed by atoms with E-state index in [0.717, 1.165) is 5.69 Å². The summed E-state index contributed by atoms with van der Waals surface area (Å²) in [6.07, 6.45) is 3.70. The van der Waals surface area contributed by atoms with Gasteiger partial charge in [0.2, 0.25) is 17.7 Å². The zero-order chi connectivity index (χ0) is 30.3. The van der Waals surface area contributed by atoms with Crippen molar-refractivity contribution < 1.29 is 65.3 Å². The molecule has 0 aromatic heterocycles. The summed E-state index contributed by atoms with van der Waals surface area (Å²) in [4.78, 5) is 65.2. The van der Waals surface area contributed by atoms with Gasteiger partial charge < -0.3 is 25.3 Å². The quantitative estimate of drug-likeness (QED) is 0.191. The van der Waals surface area contributed by atoms with Gasteiger partial charge >= 0.3 is 31.1 Å². The molecule has 2 aromatic rings. The molecule has 10 nitrogen and oxygen atoms in total. The van der Waals surface area contributed by atoms with E-state index in [2.05, 4.69) is 11.4 Å². The first kappa shape index (κ1) is 34.7. The number of nitrogens with one attached hydrogen (secondary N) is 1. The molecule has 0 saturated carbocycles. The Bertz CT molecular complexity index is 1290. The molecule has 2 aromatic carbocycles. The fourth-order valence-electron chi connectivity index (χ4n) is 4.58. The number of carboxylic acids is 2. The van der Waals surface area contributed by atoms with Crippen LogP contribution in [0.2, 0.25) is 0 Å². The van der Waals surface area contributed by atoms with Crippen LogP contribution in [0.5, 0.6) is 0 Å². The van der Waals surface area contributed by atoms with Gasteiger partial charge in [-0.25, -0.2) is 0 Å². The second kappa shape index (κ2) is 15.1. The van der Waals surface area contributed by atoms with E-state index in [1.54, 1.807) is 22.9 Å². The molecule has 42 heavy (non-hydrogen) atoms. The Morgan fingerprint density at radius 3 is 2.29 bits per heavy atom. The summed E-state index contributed by atoms with van der Waals surface area (Å²) in [6.45, 7) is 5.95. The number of benzene rings is 2. The van der Waals surface area contributed by atoms with Gasteiger partial charge in [0.15, 0.2) is 11.9 Å². The van der Waals surface area contributed by atoms with Gasteiger partial charge in [-0.05, 0) is 36.5 Å². The van der Waals surface area contributed by atoms with Gasteiger partial charge in [-0.2, -0.15) is 35.7 Å². The van der Waals surface area contributed by atoms with Crippen LogP contribution in [0.25, 0.3) is 6.08 Å². The summed E-state index contributed by atoms with van der Waals surface area (Å²) in [5, 5.41) is 20.8. The Hall–Kier alpha value is -3.55. The third kappa shape index (κ3) is 8.97. The third-order valence-electron chi connectivity index (χ3n) is 6.91. The second-order valence-corrected chi connectivity index (χ2v) is 11.0. The molecule has 1 saturated heterocycles. The average molecular weight is 800 g/mol. The minimum absolute atomic E-state index is 0. The van der Waals surface area contributed by atoms with Crippen LogP contribution in [-0.4, -0.2) is 70.4 Å². The number of hydrogen-bond donors (Lipinski definition) is 3. The fourth-order valence-corrected chi connectivity index (χ4v) is 4.58. The minimum Gasteiger partial charge on any atom is -0.503 e. The van der Waals surface area contributed by atoms with Crippen molar-refractivity contribution in [2.75, 3.05) is 18.5 Å². The van der Waals surface area contributed by atoms with Crippen LogP contribution >= 0.6 is 0 Å². The van der Waals surface area contributed by atoms with Crippen molar-refractivity contribution in [2.45, 2.75) is 52.1 Å². The standard InChI is InChI=1S/C31H35N3O7.U/c1-31(2,3)26(28(37)34-18-8-11-24(34)27(36)33(4)22-9-6-5-7-10-22)32-25(35)17-16-20-12-14-21(15-13-20)19-23(29(38)39)30(40)41;/h5-7,9-10,12-14,16-17,24,26H,8,11,18-19H2,1-4H3,(H,32,35)(H,38,39)(H,40,41);/q-2;+2/b17-16+;/t24-,26+;/m0./s1. The Kier molecular flexibility index (Phi) is 12.4. The van der Waals surface area contributed by atoms with Gasteiger partial charge in [-0.3, -0.25) is 24.0 Å². The minimum atomic E-state index is -1.51. The van der Waals surface area contributed by atoms with Gasteiger partial charge in [0.25, 0.3) is 0 Å². The summed E-state index contributed by atoms with van der Waals surface area (Å²) in [6, 6.07) is 15.2. The first-order valence-electron chi connectivity index (χ1n) is 13.2. The largest absolute Gasteiger partial charge is 2.00 e. The fraction of sp³-hybridized carbons (Fsp3) is 0.355. The zero-order valence-electron chi connectivity index (χ0n) is 24.1. The SMILES string of the molecule is CN(C(=O)[C@@H]1CCCN1C(=O)[C@@H](NC(=O)/C=C/c1c[c-]c(C[C-](C(=O)O)C(=O)O)cc1)C(C)(C)C)c1ccccc1.[U+2]. The molecule has 3 rings (SSSR count). The molecule has 1 fully saturated rings. The summed E-state index contributed by atoms with van der Waals surface area (Å²) in [5.41, 5.74) is 1.04. The van der Waals surface area contributed by atoms with Gasteiger partial charge in [0.1, 0.15) is 12.1 Å². The van der Waals surface area contributed by atoms with Gasteiger partial charge in [0, 0.05) is 19.3 Å². The molecule has 3 amide bonds. The monoisotopic (exact) mass is 799 g/mol. The molecular formula is C31H35N3O7U. The van der Waals surface area contributed by atoms with Crippen LogP contribution in [-0.2, 0) is 30.4 Å². The molecule has 220 valence electrons. The normalized spacial score (nSPS) is 15.4. The third-order valence-corrected chi connectivity index (χ3v) is 6.91. The molecule has 1 aliphatic rings. The molecule has 11 heteroatoms. The number of likely N-dealkylation sites (N-methyl/N-ethyl adjacent to an activating group) is 1. The Morgan fingerprint density at radius 2 is 1.74 bits per heavy atom. The van der Waals surface area contributed by atoms with E-state index in [4.69, 9.17) is 10.2 Å². The second-order valence-electron chi connectivity index (χ2n) is 11.0. The topological polar surface area (TPSA) is 144 Å². The van der Waals surface area contributed by atoms with Crippen molar-refractivity contribution in [1.82, 2.24) is 10.2 Å². The van der Waals surface area contributed by atoms with Crippen molar-refractivity contribution >= 4 is 41.4 Å². The number of hydrogen-bond acceptors (Lipinski definition) is 5. The molecule has 0 bridgehead atoms. The van der Waals surface area contributed by atoms with Crippen molar-refractivity contribution in [3.8, 4) is 0 Å². The Balaban J connectivity index is 0.00000616. The van der Waals surface area contributed by atoms with Crippen molar-refractivity contribution in [1.29, 1.82) is 0 Å². The number of rotatable bonds is 10. The van der Waals surface area contributed by atoms with Gasteiger partial charge in [0.05, 0.1) is 0 Å². The van der Waals surface area contributed by atoms with Crippen LogP contribution in [0.3, 0.4) is 0 Å². The van der Waals surface area contributed by atoms with E-state index < -0.39 is 41.3 Å². The number of carboxylic acid groups (broad SMARTS) is 2. The van der Waals surface area contributed by atoms with Crippen LogP contribution in [0.1, 0.15) is 44.7 Å². The van der Waals surface area contributed by atoms with Crippen LogP contribution in [0.15, 0.2) is 54.6 Å². The van der Waals surface area contributed by atoms with Crippen molar-refractivity contribution in [3.05, 3.63) is 77.7 Å². The molecule has 0 unspecified atom stereocenters. The van der Waals surface area contributed by atoms with E-state index >= 15 is 0 Å². The number of likely N-dealkylation sites (tertiary alicyclic amines) is 1. The molecule has 2 atom stereocenters. The maximum Gasteiger partial charge on any atom is 2.00 e. The molecule has 0 aliphatic carbocycles. The number of carbonyl (C=O) groups excluding carboxylic acids is 3. The van der Waals surface area contributed by atoms with E-state index in [1.807, 2.05) is 51.1 Å². The van der Waals surface area contributed by atoms with Crippen molar-refractivity contribution in [3.63, 3.8) is 0 Å². The number of amides is 3. The number of nitrogens with zero attached hydrogens (tertiary/aromatic N) is 2. The summed E-state index contributed by atoms with van der Waals surface area (Å²) in [5.74, 6) is -4.70. The molecular weight excluding hydrogens is 764 g/mol. The molecule has 1 aliphatic heterocycles. The number of carbonyl (C=O) groups is 5. The zero-order valence-corrected chi connectivity index (χ0v) is 28.3. The van der Waals surface area contributed by atoms with Crippen LogP contribution < -0.4 is 10.2 Å². The summed E-state index contributed by atoms with van der Waals surface area (Å²) < 4.78 is 0. The first-order chi connectivity index (χ1) is 19.3. The Morgan fingerprint density at radius 1 is 1.10 bits per heavy atom. The molecule has 0 spiro atoms. The summed E-state index contributed by atoms with van der Waals surface area (Å²) in [7, 11) is 1.69. The van der Waals surface area contributed by atoms with E-state index in [0.29, 0.717) is 30.5 Å². The van der Waals surface area contributed by atoms with Crippen LogP contribution in [0, 0.1) is 48.5 Å². The van der Waals surface area contributed by atoms with E-state index in [-0.39, 0.29) is 49.3 Å². The van der Waals surface area contributed by atoms with Crippen molar-refractivity contribution in [2.24, 2.45) is 5.41 Å². The number of para-hydroxylation sites is 1. The van der Waals surface area contributed by atoms with E-state index in [9.17, 15) is 24.0 Å². The number of aliphatic carboxylic acids is 2. The Labute approximate surface area is 269 Å². The van der Waals surface area contributed by atoms with Crippen LogP contribution in [0.4, 0.5) is 5.69 Å². The molecule has 1 heterocycles. The summed E-state index contributed by atoms with van der Waals surface area (Å²) >= 11 is 0. The average Bonchev–Trinajstić information content (AvgIpc) is 3.42. The maximum absolute atomic E-state index is 13.7.